The molecule has 0 bridgehead atoms. The van der Waals surface area contributed by atoms with Crippen molar-refractivity contribution in [2.75, 3.05) is 7.05 Å². The van der Waals surface area contributed by atoms with E-state index in [0.717, 1.165) is 5.56 Å². The first-order chi connectivity index (χ1) is 19.0. The number of nitriles is 1. The standard InChI is InChI=1S/C24H30FN3O3.C7H8.C2H6/c1-5-22(31-24(2,3)30)21(14-17-9-7-6-8-10-17)27-23(29)28(4)16-18-11-12-20(25)19(13-18)15-26;1-7-5-3-2-4-6-7;1-2/h6-13,21-22,30H,5,14,16H2,1-4H3,(H,27,29);2-6H,1H3;1-2H3. The lowest BCUT2D eigenvalue weighted by atomic mass is 9.99. The van der Waals surface area contributed by atoms with Crippen molar-refractivity contribution in [1.29, 1.82) is 5.26 Å². The predicted molar refractivity (Wildman–Crippen MR) is 159 cm³/mol. The van der Waals surface area contributed by atoms with E-state index in [9.17, 15) is 14.3 Å². The third kappa shape index (κ3) is 12.9. The highest BCUT2D eigenvalue weighted by Gasteiger charge is 2.29. The van der Waals surface area contributed by atoms with Crippen LogP contribution in [0.1, 0.15) is 63.3 Å². The Labute approximate surface area is 239 Å². The molecule has 0 fully saturated rings. The van der Waals surface area contributed by atoms with E-state index in [2.05, 4.69) is 24.4 Å². The van der Waals surface area contributed by atoms with E-state index in [1.807, 2.05) is 75.4 Å². The first kappa shape index (κ1) is 34.3. The lowest BCUT2D eigenvalue weighted by Crippen LogP contribution is -2.51. The largest absolute Gasteiger partial charge is 0.366 e. The number of ether oxygens (including phenoxy) is 1. The Balaban J connectivity index is 0.000000759. The highest BCUT2D eigenvalue weighted by molar-refractivity contribution is 5.74. The van der Waals surface area contributed by atoms with Crippen LogP contribution in [0.4, 0.5) is 9.18 Å². The summed E-state index contributed by atoms with van der Waals surface area (Å²) in [5.41, 5.74) is 2.95. The molecule has 2 N–H and O–H groups in total. The van der Waals surface area contributed by atoms with Crippen LogP contribution in [-0.4, -0.2) is 41.0 Å². The minimum atomic E-state index is -1.34. The normalized spacial score (nSPS) is 11.9. The Kier molecular flexibility index (Phi) is 15.2. The Morgan fingerprint density at radius 3 is 2.10 bits per heavy atom. The Morgan fingerprint density at radius 2 is 1.62 bits per heavy atom. The van der Waals surface area contributed by atoms with Crippen LogP contribution in [0.5, 0.6) is 0 Å². The summed E-state index contributed by atoms with van der Waals surface area (Å²) in [7, 11) is 1.63. The second kappa shape index (κ2) is 17.8. The smallest absolute Gasteiger partial charge is 0.317 e. The van der Waals surface area contributed by atoms with Crippen LogP contribution in [-0.2, 0) is 17.7 Å². The molecule has 3 rings (SSSR count). The number of rotatable bonds is 9. The van der Waals surface area contributed by atoms with Crippen molar-refractivity contribution >= 4 is 6.03 Å². The number of aryl methyl sites for hydroxylation is 1. The van der Waals surface area contributed by atoms with Gasteiger partial charge in [-0.05, 0) is 56.9 Å². The molecule has 2 unspecified atom stereocenters. The van der Waals surface area contributed by atoms with Gasteiger partial charge in [0.2, 0.25) is 0 Å². The molecule has 7 heteroatoms. The molecule has 2 atom stereocenters. The van der Waals surface area contributed by atoms with Crippen LogP contribution >= 0.6 is 0 Å². The molecule has 216 valence electrons. The third-order valence-electron chi connectivity index (χ3n) is 5.76. The number of amides is 2. The SMILES string of the molecule is CC.CCC(OC(C)(C)O)C(Cc1ccccc1)NC(=O)N(C)Cc1ccc(F)c(C#N)c1.Cc1ccccc1. The number of nitrogens with zero attached hydrogens (tertiary/aromatic N) is 2. The fourth-order valence-electron chi connectivity index (χ4n) is 3.87. The van der Waals surface area contributed by atoms with Gasteiger partial charge in [-0.3, -0.25) is 0 Å². The second-order valence-electron chi connectivity index (χ2n) is 9.69. The number of carbonyl (C=O) groups is 1. The van der Waals surface area contributed by atoms with Gasteiger partial charge in [-0.15, -0.1) is 0 Å². The molecule has 0 saturated heterocycles. The fourth-order valence-corrected chi connectivity index (χ4v) is 3.87. The molecule has 3 aromatic rings. The molecule has 0 aliphatic heterocycles. The van der Waals surface area contributed by atoms with Gasteiger partial charge in [0.25, 0.3) is 0 Å². The number of benzene rings is 3. The van der Waals surface area contributed by atoms with Crippen LogP contribution in [0.15, 0.2) is 78.9 Å². The summed E-state index contributed by atoms with van der Waals surface area (Å²) in [5, 5.41) is 22.2. The molecule has 40 heavy (non-hydrogen) atoms. The summed E-state index contributed by atoms with van der Waals surface area (Å²) in [5.74, 6) is -1.93. The summed E-state index contributed by atoms with van der Waals surface area (Å²) in [6.45, 7) is 11.4. The molecule has 0 aliphatic carbocycles. The third-order valence-corrected chi connectivity index (χ3v) is 5.76. The number of hydrogen-bond acceptors (Lipinski definition) is 4. The molecular formula is C33H44FN3O3. The summed E-state index contributed by atoms with van der Waals surface area (Å²) >= 11 is 0. The Bertz CT molecular complexity index is 1180. The Hall–Kier alpha value is -3.73. The van der Waals surface area contributed by atoms with E-state index in [1.165, 1.54) is 22.6 Å². The van der Waals surface area contributed by atoms with Gasteiger partial charge in [0.15, 0.2) is 5.79 Å². The van der Waals surface area contributed by atoms with Crippen molar-refractivity contribution in [3.05, 3.63) is 107 Å². The van der Waals surface area contributed by atoms with Crippen molar-refractivity contribution < 1.29 is 19.0 Å². The maximum atomic E-state index is 13.6. The van der Waals surface area contributed by atoms with Crippen molar-refractivity contribution in [2.24, 2.45) is 0 Å². The number of nitrogens with one attached hydrogen (secondary N) is 1. The number of aliphatic hydroxyl groups is 1. The molecule has 0 spiro atoms. The van der Waals surface area contributed by atoms with Crippen molar-refractivity contribution in [3.8, 4) is 6.07 Å². The quantitative estimate of drug-likeness (QED) is 0.282. The van der Waals surface area contributed by atoms with Gasteiger partial charge >= 0.3 is 6.03 Å². The van der Waals surface area contributed by atoms with E-state index < -0.39 is 17.7 Å². The maximum absolute atomic E-state index is 13.6. The van der Waals surface area contributed by atoms with E-state index in [1.54, 1.807) is 27.0 Å². The van der Waals surface area contributed by atoms with Gasteiger partial charge in [0.1, 0.15) is 11.9 Å². The van der Waals surface area contributed by atoms with E-state index >= 15 is 0 Å². The lowest BCUT2D eigenvalue weighted by molar-refractivity contribution is -0.211. The fraction of sp³-hybridized carbons (Fsp3) is 0.394. The van der Waals surface area contributed by atoms with E-state index in [4.69, 9.17) is 10.00 Å². The van der Waals surface area contributed by atoms with Crippen LogP contribution in [0.25, 0.3) is 0 Å². The average molecular weight is 550 g/mol. The zero-order valence-electron chi connectivity index (χ0n) is 24.8. The van der Waals surface area contributed by atoms with E-state index in [-0.39, 0.29) is 24.2 Å². The molecule has 0 heterocycles. The predicted octanol–water partition coefficient (Wildman–Crippen LogP) is 6.99. The van der Waals surface area contributed by atoms with Crippen molar-refractivity contribution in [3.63, 3.8) is 0 Å². The number of carbonyl (C=O) groups excluding carboxylic acids is 1. The van der Waals surface area contributed by atoms with Crippen molar-refractivity contribution in [1.82, 2.24) is 10.2 Å². The van der Waals surface area contributed by atoms with Crippen LogP contribution in [0.3, 0.4) is 0 Å². The van der Waals surface area contributed by atoms with E-state index in [0.29, 0.717) is 18.4 Å². The molecule has 0 aliphatic rings. The average Bonchev–Trinajstić information content (AvgIpc) is 2.94. The number of urea groups is 1. The molecule has 2 amide bonds. The summed E-state index contributed by atoms with van der Waals surface area (Å²) in [4.78, 5) is 14.4. The highest BCUT2D eigenvalue weighted by atomic mass is 19.1. The van der Waals surface area contributed by atoms with Crippen LogP contribution < -0.4 is 5.32 Å². The number of halogens is 1. The summed E-state index contributed by atoms with van der Waals surface area (Å²) in [6, 6.07) is 25.3. The minimum Gasteiger partial charge on any atom is -0.366 e. The molecule has 0 radical (unpaired) electrons. The van der Waals surface area contributed by atoms with Gasteiger partial charge < -0.3 is 20.1 Å². The summed E-state index contributed by atoms with van der Waals surface area (Å²) in [6.07, 6.45) is 0.715. The highest BCUT2D eigenvalue weighted by Crippen LogP contribution is 2.18. The monoisotopic (exact) mass is 549 g/mol. The molecule has 3 aromatic carbocycles. The molecule has 0 aromatic heterocycles. The molecule has 0 saturated carbocycles. The van der Waals surface area contributed by atoms with Crippen molar-refractivity contribution in [2.45, 2.75) is 78.9 Å². The molecular weight excluding hydrogens is 505 g/mol. The topological polar surface area (TPSA) is 85.6 Å². The van der Waals surface area contributed by atoms with Crippen LogP contribution in [0.2, 0.25) is 0 Å². The summed E-state index contributed by atoms with van der Waals surface area (Å²) < 4.78 is 19.4. The lowest BCUT2D eigenvalue weighted by Gasteiger charge is -2.33. The van der Waals surface area contributed by atoms with Crippen LogP contribution in [0, 0.1) is 24.1 Å². The second-order valence-corrected chi connectivity index (χ2v) is 9.69. The maximum Gasteiger partial charge on any atom is 0.317 e. The molecule has 6 nitrogen and oxygen atoms in total. The first-order valence-corrected chi connectivity index (χ1v) is 13.7. The van der Waals surface area contributed by atoms with Gasteiger partial charge in [-0.2, -0.15) is 5.26 Å². The van der Waals surface area contributed by atoms with Gasteiger partial charge in [-0.25, -0.2) is 9.18 Å². The van der Waals surface area contributed by atoms with Gasteiger partial charge in [0, 0.05) is 13.6 Å². The zero-order chi connectivity index (χ0) is 30.1. The number of hydrogen-bond donors (Lipinski definition) is 2. The zero-order valence-corrected chi connectivity index (χ0v) is 24.8. The Morgan fingerprint density at radius 1 is 1.05 bits per heavy atom. The first-order valence-electron chi connectivity index (χ1n) is 13.7. The minimum absolute atomic E-state index is 0.0575. The van der Waals surface area contributed by atoms with Gasteiger partial charge in [-0.1, -0.05) is 93.1 Å². The van der Waals surface area contributed by atoms with Gasteiger partial charge in [0.05, 0.1) is 17.7 Å².